The van der Waals surface area contributed by atoms with Crippen LogP contribution in [0, 0.1) is 0 Å². The lowest BCUT2D eigenvalue weighted by Crippen LogP contribution is -2.32. The Kier molecular flexibility index (Phi) is 21.0. The lowest BCUT2D eigenvalue weighted by molar-refractivity contribution is 0.302. The summed E-state index contributed by atoms with van der Waals surface area (Å²) in [5.41, 5.74) is 0. The second kappa shape index (κ2) is 21.1. The predicted molar refractivity (Wildman–Crippen MR) is 118 cm³/mol. The fraction of sp³-hybridized carbons (Fsp3) is 1.00. The summed E-state index contributed by atoms with van der Waals surface area (Å²) in [5, 5.41) is 7.17. The minimum Gasteiger partial charge on any atom is -0.315 e. The van der Waals surface area contributed by atoms with Crippen molar-refractivity contribution in [3.8, 4) is 0 Å². The molecule has 0 rings (SSSR count). The highest BCUT2D eigenvalue weighted by molar-refractivity contribution is 4.57. The van der Waals surface area contributed by atoms with Gasteiger partial charge in [0.05, 0.1) is 0 Å². The molecule has 0 unspecified atom stereocenters. The van der Waals surface area contributed by atoms with Gasteiger partial charge in [0.2, 0.25) is 0 Å². The van der Waals surface area contributed by atoms with Crippen LogP contribution in [0.3, 0.4) is 0 Å². The van der Waals surface area contributed by atoms with Crippen molar-refractivity contribution in [1.29, 1.82) is 0 Å². The molecule has 0 saturated heterocycles. The van der Waals surface area contributed by atoms with Crippen LogP contribution in [0.2, 0.25) is 0 Å². The van der Waals surface area contributed by atoms with Gasteiger partial charge in [-0.15, -0.1) is 0 Å². The first-order valence-electron chi connectivity index (χ1n) is 11.6. The zero-order valence-corrected chi connectivity index (χ0v) is 18.6. The van der Waals surface area contributed by atoms with Gasteiger partial charge in [-0.05, 0) is 52.1 Å². The molecule has 0 heterocycles. The van der Waals surface area contributed by atoms with E-state index in [1.165, 1.54) is 104 Å². The van der Waals surface area contributed by atoms with Gasteiger partial charge in [0.15, 0.2) is 0 Å². The number of hydrogen-bond acceptors (Lipinski definition) is 4. The van der Waals surface area contributed by atoms with Gasteiger partial charge in [0, 0.05) is 26.2 Å². The van der Waals surface area contributed by atoms with Crippen LogP contribution >= 0.6 is 0 Å². The molecule has 2 N–H and O–H groups in total. The van der Waals surface area contributed by atoms with Crippen molar-refractivity contribution in [3.63, 3.8) is 0 Å². The summed E-state index contributed by atoms with van der Waals surface area (Å²) in [5.74, 6) is 0. The lowest BCUT2D eigenvalue weighted by Gasteiger charge is -2.18. The van der Waals surface area contributed by atoms with Crippen molar-refractivity contribution in [2.45, 2.75) is 79.1 Å². The van der Waals surface area contributed by atoms with Gasteiger partial charge in [-0.3, -0.25) is 0 Å². The van der Waals surface area contributed by atoms with E-state index in [1.807, 2.05) is 0 Å². The second-order valence-corrected chi connectivity index (χ2v) is 7.38. The van der Waals surface area contributed by atoms with Gasteiger partial charge < -0.3 is 20.4 Å². The van der Waals surface area contributed by atoms with E-state index in [1.54, 1.807) is 0 Å². The molecule has 0 radical (unpaired) electrons. The maximum Gasteiger partial charge on any atom is 0.0107 e. The molecule has 0 amide bonds. The van der Waals surface area contributed by atoms with E-state index in [9.17, 15) is 0 Å². The first-order valence-corrected chi connectivity index (χ1v) is 11.6. The van der Waals surface area contributed by atoms with Crippen molar-refractivity contribution >= 4 is 0 Å². The summed E-state index contributed by atoms with van der Waals surface area (Å²) in [7, 11) is 0. The molecule has 158 valence electrons. The van der Waals surface area contributed by atoms with Gasteiger partial charge in [-0.25, -0.2) is 0 Å². The molecular weight excluding hydrogens is 320 g/mol. The van der Waals surface area contributed by atoms with Gasteiger partial charge >= 0.3 is 0 Å². The molecule has 4 heteroatoms. The quantitative estimate of drug-likeness (QED) is 0.299. The van der Waals surface area contributed by atoms with Gasteiger partial charge in [-0.2, -0.15) is 0 Å². The average Bonchev–Trinajstić information content (AvgIpc) is 2.67. The number of nitrogens with one attached hydrogen (secondary N) is 2. The Balaban J connectivity index is 3.11. The Morgan fingerprint density at radius 3 is 1.04 bits per heavy atom. The summed E-state index contributed by atoms with van der Waals surface area (Å²) in [6.45, 7) is 20.7. The van der Waals surface area contributed by atoms with E-state index < -0.39 is 0 Å². The van der Waals surface area contributed by atoms with Gasteiger partial charge in [0.25, 0.3) is 0 Å². The van der Waals surface area contributed by atoms with Crippen LogP contribution in [0.25, 0.3) is 0 Å². The summed E-state index contributed by atoms with van der Waals surface area (Å²) >= 11 is 0. The number of likely N-dealkylation sites (N-methyl/N-ethyl adjacent to an activating group) is 2. The number of nitrogens with zero attached hydrogens (tertiary/aromatic N) is 2. The van der Waals surface area contributed by atoms with Gasteiger partial charge in [-0.1, -0.05) is 66.2 Å². The van der Waals surface area contributed by atoms with Crippen LogP contribution in [0.1, 0.15) is 79.1 Å². The highest BCUT2D eigenvalue weighted by Crippen LogP contribution is 2.08. The van der Waals surface area contributed by atoms with Gasteiger partial charge in [0.1, 0.15) is 0 Å². The highest BCUT2D eigenvalue weighted by Gasteiger charge is 1.98. The van der Waals surface area contributed by atoms with Crippen LogP contribution in [-0.2, 0) is 0 Å². The largest absolute Gasteiger partial charge is 0.315 e. The molecule has 0 aromatic heterocycles. The lowest BCUT2D eigenvalue weighted by atomic mass is 10.1. The van der Waals surface area contributed by atoms with Crippen molar-refractivity contribution in [3.05, 3.63) is 0 Å². The van der Waals surface area contributed by atoms with E-state index >= 15 is 0 Å². The Hall–Kier alpha value is -0.160. The predicted octanol–water partition coefficient (Wildman–Crippen LogP) is 3.97. The van der Waals surface area contributed by atoms with E-state index in [0.717, 1.165) is 13.1 Å². The van der Waals surface area contributed by atoms with Crippen LogP contribution in [0.4, 0.5) is 0 Å². The van der Waals surface area contributed by atoms with E-state index in [-0.39, 0.29) is 0 Å². The first-order chi connectivity index (χ1) is 12.8. The second-order valence-electron chi connectivity index (χ2n) is 7.38. The third kappa shape index (κ3) is 17.3. The number of rotatable bonds is 21. The van der Waals surface area contributed by atoms with E-state index in [0.29, 0.717) is 0 Å². The first kappa shape index (κ1) is 25.8. The summed E-state index contributed by atoms with van der Waals surface area (Å²) in [4.78, 5) is 4.96. The summed E-state index contributed by atoms with van der Waals surface area (Å²) in [6.07, 6.45) is 11.2. The fourth-order valence-corrected chi connectivity index (χ4v) is 3.36. The third-order valence-electron chi connectivity index (χ3n) is 5.46. The normalized spacial score (nSPS) is 11.8. The smallest absolute Gasteiger partial charge is 0.0107 e. The van der Waals surface area contributed by atoms with E-state index in [4.69, 9.17) is 0 Å². The summed E-state index contributed by atoms with van der Waals surface area (Å²) < 4.78 is 0. The molecule has 0 aromatic carbocycles. The maximum atomic E-state index is 3.58. The Labute approximate surface area is 165 Å². The Morgan fingerprint density at radius 2 is 0.731 bits per heavy atom. The number of unbranched alkanes of at least 4 members (excludes halogenated alkanes) is 7. The molecule has 0 aliphatic rings. The zero-order chi connectivity index (χ0) is 19.3. The molecular formula is C22H50N4. The van der Waals surface area contributed by atoms with Crippen molar-refractivity contribution in [2.24, 2.45) is 0 Å². The molecule has 4 nitrogen and oxygen atoms in total. The third-order valence-corrected chi connectivity index (χ3v) is 5.46. The van der Waals surface area contributed by atoms with Crippen LogP contribution in [0.15, 0.2) is 0 Å². The van der Waals surface area contributed by atoms with Crippen molar-refractivity contribution in [1.82, 2.24) is 20.4 Å². The van der Waals surface area contributed by atoms with Crippen molar-refractivity contribution < 1.29 is 0 Å². The Morgan fingerprint density at radius 1 is 0.423 bits per heavy atom. The standard InChI is InChI=1S/C22H50N4/c1-5-25(6-2)21-19-23-17-15-13-11-9-10-12-14-16-18-24-20-22-26(7-3)8-4/h23-24H,5-22H2,1-4H3. The van der Waals surface area contributed by atoms with Crippen LogP contribution < -0.4 is 10.6 Å². The molecule has 0 spiro atoms. The summed E-state index contributed by atoms with van der Waals surface area (Å²) in [6, 6.07) is 0. The fourth-order valence-electron chi connectivity index (χ4n) is 3.36. The molecule has 0 bridgehead atoms. The Bertz CT molecular complexity index is 227. The minimum absolute atomic E-state index is 1.14. The van der Waals surface area contributed by atoms with E-state index in [2.05, 4.69) is 48.1 Å². The molecule has 0 aliphatic carbocycles. The van der Waals surface area contributed by atoms with Crippen molar-refractivity contribution in [2.75, 3.05) is 65.4 Å². The monoisotopic (exact) mass is 370 g/mol. The number of hydrogen-bond donors (Lipinski definition) is 2. The SMILES string of the molecule is CCN(CC)CCNCCCCCCCCCCNCCN(CC)CC. The zero-order valence-electron chi connectivity index (χ0n) is 18.6. The van der Waals surface area contributed by atoms with Crippen LogP contribution in [0.5, 0.6) is 0 Å². The molecule has 26 heavy (non-hydrogen) atoms. The molecule has 0 aromatic rings. The minimum atomic E-state index is 1.14. The molecule has 0 fully saturated rings. The molecule has 0 saturated carbocycles. The maximum absolute atomic E-state index is 3.58. The highest BCUT2D eigenvalue weighted by atomic mass is 15.1. The topological polar surface area (TPSA) is 30.5 Å². The average molecular weight is 371 g/mol. The molecule has 0 aliphatic heterocycles. The van der Waals surface area contributed by atoms with Crippen LogP contribution in [-0.4, -0.2) is 75.2 Å². The molecule has 0 atom stereocenters.